The zero-order valence-electron chi connectivity index (χ0n) is 18.9. The van der Waals surface area contributed by atoms with Gasteiger partial charge in [-0.15, -0.1) is 0 Å². The number of nitrogens with one attached hydrogen (secondary N) is 1. The molecule has 9 heteroatoms. The highest BCUT2D eigenvalue weighted by Crippen LogP contribution is 2.39. The summed E-state index contributed by atoms with van der Waals surface area (Å²) in [5, 5.41) is 8.01. The van der Waals surface area contributed by atoms with Crippen LogP contribution in [0.25, 0.3) is 0 Å². The lowest BCUT2D eigenvalue weighted by Gasteiger charge is -2.43. The number of amides is 2. The van der Waals surface area contributed by atoms with Crippen LogP contribution in [0.1, 0.15) is 28.7 Å². The van der Waals surface area contributed by atoms with Crippen molar-refractivity contribution in [2.24, 2.45) is 0 Å². The molecule has 1 aliphatic rings. The second kappa shape index (κ2) is 8.78. The minimum atomic E-state index is -1.27. The number of hydrogen-bond acceptors (Lipinski definition) is 5. The van der Waals surface area contributed by atoms with Crippen LogP contribution in [0.4, 0.5) is 5.69 Å². The summed E-state index contributed by atoms with van der Waals surface area (Å²) < 4.78 is 12.4. The van der Waals surface area contributed by atoms with Gasteiger partial charge in [-0.2, -0.15) is 5.10 Å². The molecule has 1 atom stereocenters. The van der Waals surface area contributed by atoms with Gasteiger partial charge in [0.05, 0.1) is 32.1 Å². The van der Waals surface area contributed by atoms with Gasteiger partial charge < -0.3 is 14.8 Å². The van der Waals surface area contributed by atoms with Crippen molar-refractivity contribution in [3.8, 4) is 11.5 Å². The van der Waals surface area contributed by atoms with Crippen molar-refractivity contribution < 1.29 is 19.1 Å². The smallest absolute Gasteiger partial charge is 0.277 e. The van der Waals surface area contributed by atoms with Gasteiger partial charge in [-0.05, 0) is 49.7 Å². The van der Waals surface area contributed by atoms with Crippen molar-refractivity contribution in [3.63, 3.8) is 0 Å². The molecule has 0 aliphatic carbocycles. The number of anilines is 1. The maximum absolute atomic E-state index is 13.7. The van der Waals surface area contributed by atoms with Crippen LogP contribution in [0.3, 0.4) is 0 Å². The van der Waals surface area contributed by atoms with E-state index in [-0.39, 0.29) is 18.4 Å². The first kappa shape index (κ1) is 22.7. The molecular formula is C24H25ClN4O4. The largest absolute Gasteiger partial charge is 0.497 e. The molecule has 0 bridgehead atoms. The van der Waals surface area contributed by atoms with Gasteiger partial charge in [-0.3, -0.25) is 19.2 Å². The topological polar surface area (TPSA) is 85.7 Å². The molecule has 1 N–H and O–H groups in total. The molecule has 0 saturated carbocycles. The molecule has 8 nitrogen and oxygen atoms in total. The van der Waals surface area contributed by atoms with Crippen LogP contribution < -0.4 is 19.7 Å². The maximum atomic E-state index is 13.7. The van der Waals surface area contributed by atoms with Crippen molar-refractivity contribution in [2.75, 3.05) is 19.1 Å². The molecule has 0 saturated heterocycles. The van der Waals surface area contributed by atoms with E-state index in [1.807, 2.05) is 19.1 Å². The molecule has 2 aromatic carbocycles. The number of nitrogens with zero attached hydrogens (tertiary/aromatic N) is 3. The first-order valence-corrected chi connectivity index (χ1v) is 10.8. The first-order chi connectivity index (χ1) is 15.8. The van der Waals surface area contributed by atoms with Crippen LogP contribution in [0.15, 0.2) is 48.5 Å². The Bertz CT molecular complexity index is 1210. The summed E-state index contributed by atoms with van der Waals surface area (Å²) in [4.78, 5) is 28.7. The molecule has 1 aromatic heterocycles. The lowest BCUT2D eigenvalue weighted by molar-refractivity contribution is -0.126. The maximum Gasteiger partial charge on any atom is 0.277 e. The summed E-state index contributed by atoms with van der Waals surface area (Å²) >= 11 is 5.96. The van der Waals surface area contributed by atoms with E-state index >= 15 is 0 Å². The van der Waals surface area contributed by atoms with Crippen molar-refractivity contribution in [3.05, 3.63) is 70.5 Å². The number of aryl methyl sites for hydroxylation is 1. The lowest BCUT2D eigenvalue weighted by atomic mass is 9.93. The van der Waals surface area contributed by atoms with Gasteiger partial charge in [0.15, 0.2) is 0 Å². The Hall–Kier alpha value is -3.52. The molecule has 2 amide bonds. The van der Waals surface area contributed by atoms with Crippen molar-refractivity contribution in [1.29, 1.82) is 0 Å². The van der Waals surface area contributed by atoms with Crippen molar-refractivity contribution in [2.45, 2.75) is 32.5 Å². The number of carbonyl (C=O) groups is 2. The van der Waals surface area contributed by atoms with Crippen LogP contribution in [0.2, 0.25) is 5.02 Å². The fourth-order valence-electron chi connectivity index (χ4n) is 4.03. The van der Waals surface area contributed by atoms with Gasteiger partial charge >= 0.3 is 0 Å². The summed E-state index contributed by atoms with van der Waals surface area (Å²) in [5.41, 5.74) is 1.20. The molecule has 0 unspecified atom stereocenters. The third kappa shape index (κ3) is 4.14. The Morgan fingerprint density at radius 3 is 2.55 bits per heavy atom. The lowest BCUT2D eigenvalue weighted by Crippen LogP contribution is -2.64. The van der Waals surface area contributed by atoms with E-state index < -0.39 is 5.54 Å². The number of methoxy groups -OCH3 is 2. The molecule has 3 aromatic rings. The summed E-state index contributed by atoms with van der Waals surface area (Å²) in [6.45, 7) is 4.02. The summed E-state index contributed by atoms with van der Waals surface area (Å²) in [6, 6.07) is 14.1. The van der Waals surface area contributed by atoms with Crippen LogP contribution >= 0.6 is 11.6 Å². The highest BCUT2D eigenvalue weighted by Gasteiger charge is 2.49. The normalized spacial score (nSPS) is 17.5. The highest BCUT2D eigenvalue weighted by atomic mass is 35.5. The Kier molecular flexibility index (Phi) is 6.03. The Morgan fingerprint density at radius 2 is 1.88 bits per heavy atom. The van der Waals surface area contributed by atoms with E-state index in [1.54, 1.807) is 55.1 Å². The summed E-state index contributed by atoms with van der Waals surface area (Å²) in [7, 11) is 3.06. The van der Waals surface area contributed by atoms with Crippen molar-refractivity contribution in [1.82, 2.24) is 15.1 Å². The molecule has 1 aliphatic heterocycles. The van der Waals surface area contributed by atoms with E-state index in [0.717, 1.165) is 5.56 Å². The zero-order chi connectivity index (χ0) is 23.8. The fraction of sp³-hybridized carbons (Fsp3) is 0.292. The molecule has 0 radical (unpaired) electrons. The van der Waals surface area contributed by atoms with Crippen LogP contribution in [-0.4, -0.2) is 41.4 Å². The number of aromatic nitrogens is 2. The monoisotopic (exact) mass is 468 g/mol. The van der Waals surface area contributed by atoms with Gasteiger partial charge in [-0.25, -0.2) is 0 Å². The SMILES string of the molecule is COc1ccc(N2C(=O)c3cc(C)nn3C[C@]2(C)C(=O)NCc2ccc(Cl)cc2)c(OC)c1. The van der Waals surface area contributed by atoms with Gasteiger partial charge in [0.25, 0.3) is 5.91 Å². The third-order valence-electron chi connectivity index (χ3n) is 5.76. The highest BCUT2D eigenvalue weighted by molar-refractivity contribution is 6.30. The van der Waals surface area contributed by atoms with E-state index in [1.165, 1.54) is 12.0 Å². The predicted molar refractivity (Wildman–Crippen MR) is 125 cm³/mol. The average molecular weight is 469 g/mol. The van der Waals surface area contributed by atoms with E-state index in [9.17, 15) is 9.59 Å². The predicted octanol–water partition coefficient (Wildman–Crippen LogP) is 3.60. The number of fused-ring (bicyclic) bond motifs is 1. The third-order valence-corrected chi connectivity index (χ3v) is 6.01. The molecule has 172 valence electrons. The fourth-order valence-corrected chi connectivity index (χ4v) is 4.16. The first-order valence-electron chi connectivity index (χ1n) is 10.4. The minimum Gasteiger partial charge on any atom is -0.497 e. The van der Waals surface area contributed by atoms with Gasteiger partial charge in [0.1, 0.15) is 22.7 Å². The van der Waals surface area contributed by atoms with Crippen LogP contribution in [0.5, 0.6) is 11.5 Å². The average Bonchev–Trinajstić information content (AvgIpc) is 3.18. The number of benzene rings is 2. The Morgan fingerprint density at radius 1 is 1.15 bits per heavy atom. The number of hydrogen-bond donors (Lipinski definition) is 1. The van der Waals surface area contributed by atoms with Gasteiger partial charge in [0, 0.05) is 17.6 Å². The van der Waals surface area contributed by atoms with E-state index in [4.69, 9.17) is 21.1 Å². The second-order valence-corrected chi connectivity index (χ2v) is 8.53. The number of carbonyl (C=O) groups excluding carboxylic acids is 2. The number of rotatable bonds is 6. The molecule has 0 fully saturated rings. The molecule has 0 spiro atoms. The van der Waals surface area contributed by atoms with Gasteiger partial charge in [0.2, 0.25) is 5.91 Å². The molecule has 2 heterocycles. The van der Waals surface area contributed by atoms with E-state index in [2.05, 4.69) is 10.4 Å². The van der Waals surface area contributed by atoms with Crippen LogP contribution in [0, 0.1) is 6.92 Å². The minimum absolute atomic E-state index is 0.184. The van der Waals surface area contributed by atoms with E-state index in [0.29, 0.717) is 40.1 Å². The van der Waals surface area contributed by atoms with Gasteiger partial charge in [-0.1, -0.05) is 23.7 Å². The quantitative estimate of drug-likeness (QED) is 0.597. The number of halogens is 1. The summed E-state index contributed by atoms with van der Waals surface area (Å²) in [5.74, 6) is 0.343. The zero-order valence-corrected chi connectivity index (χ0v) is 19.6. The van der Waals surface area contributed by atoms with Crippen LogP contribution in [-0.2, 0) is 17.9 Å². The summed E-state index contributed by atoms with van der Waals surface area (Å²) in [6.07, 6.45) is 0. The second-order valence-electron chi connectivity index (χ2n) is 8.09. The molecule has 33 heavy (non-hydrogen) atoms. The Balaban J connectivity index is 1.75. The standard InChI is InChI=1S/C24H25ClN4O4/c1-15-11-20-22(30)29(19-10-9-18(32-3)12-21(19)33-4)24(2,14-28(20)27-15)23(31)26-13-16-5-7-17(25)8-6-16/h5-12H,13-14H2,1-4H3,(H,26,31)/t24-/m1/s1. The number of ether oxygens (including phenoxy) is 2. The molecule has 4 rings (SSSR count). The van der Waals surface area contributed by atoms with Crippen molar-refractivity contribution >= 4 is 29.1 Å². The Labute approximate surface area is 197 Å². The molecular weight excluding hydrogens is 444 g/mol.